The van der Waals surface area contributed by atoms with E-state index in [2.05, 4.69) is 22.1 Å². The molecule has 1 amide bonds. The molecule has 2 N–H and O–H groups in total. The van der Waals surface area contributed by atoms with E-state index < -0.39 is 0 Å². The fourth-order valence-corrected chi connectivity index (χ4v) is 3.45. The maximum absolute atomic E-state index is 12.0. The molecule has 0 bridgehead atoms. The molecule has 4 nitrogen and oxygen atoms in total. The van der Waals surface area contributed by atoms with Crippen LogP contribution in [-0.4, -0.2) is 25.6 Å². The van der Waals surface area contributed by atoms with Crippen molar-refractivity contribution in [2.45, 2.75) is 25.4 Å². The first-order valence-electron chi connectivity index (χ1n) is 7.49. The van der Waals surface area contributed by atoms with Crippen molar-refractivity contribution in [3.8, 4) is 16.9 Å². The van der Waals surface area contributed by atoms with Gasteiger partial charge in [0, 0.05) is 4.88 Å². The van der Waals surface area contributed by atoms with Crippen LogP contribution in [0.25, 0.3) is 11.1 Å². The lowest BCUT2D eigenvalue weighted by Crippen LogP contribution is -2.39. The molecule has 2 aromatic rings. The fourth-order valence-electron chi connectivity index (χ4n) is 2.61. The first-order valence-corrected chi connectivity index (χ1v) is 8.37. The molecule has 0 spiro atoms. The zero-order chi connectivity index (χ0) is 15.4. The average molecular weight is 316 g/mol. The number of hydrogen-bond acceptors (Lipinski definition) is 4. The summed E-state index contributed by atoms with van der Waals surface area (Å²) in [6.45, 7) is 1.54. The minimum Gasteiger partial charge on any atom is -0.497 e. The fraction of sp³-hybridized carbons (Fsp3) is 0.353. The van der Waals surface area contributed by atoms with Gasteiger partial charge in [0.15, 0.2) is 0 Å². The second-order valence-electron chi connectivity index (χ2n) is 5.40. The molecule has 1 aliphatic rings. The van der Waals surface area contributed by atoms with E-state index in [4.69, 9.17) is 4.74 Å². The quantitative estimate of drug-likeness (QED) is 0.892. The van der Waals surface area contributed by atoms with Crippen LogP contribution >= 0.6 is 11.3 Å². The average Bonchev–Trinajstić information content (AvgIpc) is 3.24. The molecule has 0 aliphatic carbocycles. The first kappa shape index (κ1) is 15.1. The monoisotopic (exact) mass is 316 g/mol. The molecule has 1 aromatic carbocycles. The number of amides is 1. The van der Waals surface area contributed by atoms with Crippen molar-refractivity contribution in [1.82, 2.24) is 10.6 Å². The van der Waals surface area contributed by atoms with Gasteiger partial charge in [0.2, 0.25) is 5.91 Å². The van der Waals surface area contributed by atoms with Crippen LogP contribution in [0.15, 0.2) is 35.7 Å². The lowest BCUT2D eigenvalue weighted by atomic mass is 10.1. The number of carbonyl (C=O) groups excluding carboxylic acids is 1. The predicted molar refractivity (Wildman–Crippen MR) is 89.2 cm³/mol. The topological polar surface area (TPSA) is 50.4 Å². The number of hydrogen-bond donors (Lipinski definition) is 2. The molecular formula is C17H20N2O2S. The van der Waals surface area contributed by atoms with Crippen LogP contribution in [-0.2, 0) is 11.3 Å². The van der Waals surface area contributed by atoms with Gasteiger partial charge in [-0.05, 0) is 54.1 Å². The largest absolute Gasteiger partial charge is 0.497 e. The van der Waals surface area contributed by atoms with Gasteiger partial charge in [-0.15, -0.1) is 11.3 Å². The highest BCUT2D eigenvalue weighted by atomic mass is 32.1. The summed E-state index contributed by atoms with van der Waals surface area (Å²) in [6.07, 6.45) is 2.02. The van der Waals surface area contributed by atoms with Crippen molar-refractivity contribution in [1.29, 1.82) is 0 Å². The summed E-state index contributed by atoms with van der Waals surface area (Å²) in [6, 6.07) is 10.1. The van der Waals surface area contributed by atoms with Gasteiger partial charge in [-0.2, -0.15) is 0 Å². The van der Waals surface area contributed by atoms with E-state index >= 15 is 0 Å². The number of rotatable bonds is 5. The van der Waals surface area contributed by atoms with E-state index in [1.54, 1.807) is 18.4 Å². The normalized spacial score (nSPS) is 17.4. The molecule has 1 aromatic heterocycles. The summed E-state index contributed by atoms with van der Waals surface area (Å²) >= 11 is 1.67. The van der Waals surface area contributed by atoms with E-state index in [0.717, 1.165) is 35.6 Å². The van der Waals surface area contributed by atoms with Crippen molar-refractivity contribution in [2.24, 2.45) is 0 Å². The molecule has 2 heterocycles. The van der Waals surface area contributed by atoms with Crippen LogP contribution in [0, 0.1) is 0 Å². The molecule has 116 valence electrons. The summed E-state index contributed by atoms with van der Waals surface area (Å²) in [5.74, 6) is 0.965. The third-order valence-corrected chi connectivity index (χ3v) is 4.83. The van der Waals surface area contributed by atoms with E-state index in [0.29, 0.717) is 6.54 Å². The minimum atomic E-state index is -0.0129. The van der Waals surface area contributed by atoms with E-state index in [1.165, 1.54) is 5.56 Å². The molecule has 1 fully saturated rings. The third kappa shape index (κ3) is 3.48. The molecule has 3 rings (SSSR count). The number of thiophene rings is 1. The van der Waals surface area contributed by atoms with Crippen molar-refractivity contribution >= 4 is 17.2 Å². The maximum atomic E-state index is 12.0. The van der Waals surface area contributed by atoms with Gasteiger partial charge in [-0.25, -0.2) is 0 Å². The molecule has 1 unspecified atom stereocenters. The van der Waals surface area contributed by atoms with Crippen LogP contribution in [0.3, 0.4) is 0 Å². The molecular weight excluding hydrogens is 296 g/mol. The lowest BCUT2D eigenvalue weighted by Gasteiger charge is -2.09. The van der Waals surface area contributed by atoms with Crippen molar-refractivity contribution in [2.75, 3.05) is 13.7 Å². The number of benzene rings is 1. The number of nitrogens with one attached hydrogen (secondary N) is 2. The second kappa shape index (κ2) is 6.94. The van der Waals surface area contributed by atoms with Crippen LogP contribution in [0.4, 0.5) is 0 Å². The Hall–Kier alpha value is -1.85. The summed E-state index contributed by atoms with van der Waals surface area (Å²) in [4.78, 5) is 13.1. The Balaban J connectivity index is 1.59. The number of ether oxygens (including phenoxy) is 1. The van der Waals surface area contributed by atoms with Gasteiger partial charge in [0.1, 0.15) is 5.75 Å². The van der Waals surface area contributed by atoms with Crippen molar-refractivity contribution < 1.29 is 9.53 Å². The number of carbonyl (C=O) groups is 1. The minimum absolute atomic E-state index is 0.0129. The molecule has 22 heavy (non-hydrogen) atoms. The SMILES string of the molecule is COc1ccc(-c2csc(CNC(=O)C3CCCN3)c2)cc1. The Kier molecular flexibility index (Phi) is 4.75. The molecule has 1 saturated heterocycles. The Labute approximate surface area is 134 Å². The predicted octanol–water partition coefficient (Wildman–Crippen LogP) is 2.79. The molecule has 0 saturated carbocycles. The zero-order valence-electron chi connectivity index (χ0n) is 12.6. The third-order valence-electron chi connectivity index (χ3n) is 3.89. The van der Waals surface area contributed by atoms with E-state index in [1.807, 2.05) is 24.3 Å². The summed E-state index contributed by atoms with van der Waals surface area (Å²) in [5, 5.41) is 8.35. The standard InChI is InChI=1S/C17H20N2O2S/c1-21-14-6-4-12(5-7-14)13-9-15(22-11-13)10-19-17(20)16-3-2-8-18-16/h4-7,9,11,16,18H,2-3,8,10H2,1H3,(H,19,20). The first-order chi connectivity index (χ1) is 10.8. The van der Waals surface area contributed by atoms with Crippen LogP contribution in [0.5, 0.6) is 5.75 Å². The van der Waals surface area contributed by atoms with Gasteiger partial charge in [0.25, 0.3) is 0 Å². The van der Waals surface area contributed by atoms with Gasteiger partial charge < -0.3 is 15.4 Å². The van der Waals surface area contributed by atoms with Gasteiger partial charge >= 0.3 is 0 Å². The Bertz CT molecular complexity index is 630. The van der Waals surface area contributed by atoms with Gasteiger partial charge in [0.05, 0.1) is 19.7 Å². The summed E-state index contributed by atoms with van der Waals surface area (Å²) < 4.78 is 5.17. The highest BCUT2D eigenvalue weighted by Gasteiger charge is 2.21. The second-order valence-corrected chi connectivity index (χ2v) is 6.39. The van der Waals surface area contributed by atoms with E-state index in [-0.39, 0.29) is 11.9 Å². The van der Waals surface area contributed by atoms with Crippen molar-refractivity contribution in [3.05, 3.63) is 40.6 Å². The van der Waals surface area contributed by atoms with E-state index in [9.17, 15) is 4.79 Å². The summed E-state index contributed by atoms with van der Waals surface area (Å²) in [5.41, 5.74) is 2.34. The Morgan fingerprint density at radius 1 is 1.36 bits per heavy atom. The molecule has 1 atom stereocenters. The smallest absolute Gasteiger partial charge is 0.237 e. The molecule has 1 aliphatic heterocycles. The van der Waals surface area contributed by atoms with Crippen LogP contribution in [0.2, 0.25) is 0 Å². The van der Waals surface area contributed by atoms with Gasteiger partial charge in [-0.1, -0.05) is 12.1 Å². The zero-order valence-corrected chi connectivity index (χ0v) is 13.4. The maximum Gasteiger partial charge on any atom is 0.237 e. The van der Waals surface area contributed by atoms with Crippen LogP contribution in [0.1, 0.15) is 17.7 Å². The van der Waals surface area contributed by atoms with Crippen LogP contribution < -0.4 is 15.4 Å². The lowest BCUT2D eigenvalue weighted by molar-refractivity contribution is -0.122. The highest BCUT2D eigenvalue weighted by Crippen LogP contribution is 2.27. The number of methoxy groups -OCH3 is 1. The van der Waals surface area contributed by atoms with Gasteiger partial charge in [-0.3, -0.25) is 4.79 Å². The molecule has 5 heteroatoms. The summed E-state index contributed by atoms with van der Waals surface area (Å²) in [7, 11) is 1.67. The molecule has 0 radical (unpaired) electrons. The Morgan fingerprint density at radius 2 is 2.18 bits per heavy atom. The van der Waals surface area contributed by atoms with Crippen molar-refractivity contribution in [3.63, 3.8) is 0 Å². The highest BCUT2D eigenvalue weighted by molar-refractivity contribution is 7.10. The Morgan fingerprint density at radius 3 is 2.86 bits per heavy atom.